The summed E-state index contributed by atoms with van der Waals surface area (Å²) < 4.78 is 7.04. The van der Waals surface area contributed by atoms with Gasteiger partial charge in [-0.25, -0.2) is 4.79 Å². The van der Waals surface area contributed by atoms with E-state index in [0.717, 1.165) is 12.8 Å². The van der Waals surface area contributed by atoms with Gasteiger partial charge in [0.1, 0.15) is 12.0 Å². The number of hydrogen-bond acceptors (Lipinski definition) is 4. The first kappa shape index (κ1) is 9.21. The van der Waals surface area contributed by atoms with Crippen molar-refractivity contribution in [2.75, 3.05) is 5.73 Å². The second kappa shape index (κ2) is 3.42. The van der Waals surface area contributed by atoms with Crippen LogP contribution in [0.2, 0.25) is 0 Å². The summed E-state index contributed by atoms with van der Waals surface area (Å²) in [5.74, 6) is 0.247. The van der Waals surface area contributed by atoms with Gasteiger partial charge in [-0.1, -0.05) is 0 Å². The predicted molar refractivity (Wildman–Crippen MR) is 51.7 cm³/mol. The molecular formula is C9H13N3O2. The van der Waals surface area contributed by atoms with E-state index in [1.807, 2.05) is 6.92 Å². The van der Waals surface area contributed by atoms with Crippen molar-refractivity contribution >= 4 is 5.82 Å². The Labute approximate surface area is 81.5 Å². The van der Waals surface area contributed by atoms with Gasteiger partial charge < -0.3 is 10.5 Å². The molecule has 76 valence electrons. The zero-order valence-corrected chi connectivity index (χ0v) is 8.01. The van der Waals surface area contributed by atoms with Crippen LogP contribution in [0.15, 0.2) is 17.1 Å². The third-order valence-electron chi connectivity index (χ3n) is 2.37. The highest BCUT2D eigenvalue weighted by Gasteiger charge is 2.23. The molecule has 2 atom stereocenters. The Morgan fingerprint density at radius 1 is 1.64 bits per heavy atom. The molecule has 0 spiro atoms. The number of nitrogen functional groups attached to an aromatic ring is 1. The minimum atomic E-state index is -0.343. The molecule has 1 aromatic rings. The summed E-state index contributed by atoms with van der Waals surface area (Å²) in [6.07, 6.45) is 3.50. The van der Waals surface area contributed by atoms with E-state index in [0.29, 0.717) is 0 Å². The molecule has 1 aromatic heterocycles. The number of nitrogens with zero attached hydrogens (tertiary/aromatic N) is 2. The Kier molecular flexibility index (Phi) is 2.25. The number of rotatable bonds is 1. The fourth-order valence-electron chi connectivity index (χ4n) is 1.63. The first-order valence-electron chi connectivity index (χ1n) is 4.67. The van der Waals surface area contributed by atoms with Crippen LogP contribution in [0.5, 0.6) is 0 Å². The van der Waals surface area contributed by atoms with Gasteiger partial charge in [0.05, 0.1) is 6.10 Å². The average Bonchev–Trinajstić information content (AvgIpc) is 2.51. The molecule has 0 bridgehead atoms. The molecule has 2 N–H and O–H groups in total. The Hall–Kier alpha value is -1.36. The van der Waals surface area contributed by atoms with E-state index in [4.69, 9.17) is 10.5 Å². The number of nitrogens with two attached hydrogens (primary N) is 1. The lowest BCUT2D eigenvalue weighted by Crippen LogP contribution is -2.27. The molecule has 0 saturated carbocycles. The highest BCUT2D eigenvalue weighted by atomic mass is 16.5. The molecule has 2 heterocycles. The fourth-order valence-corrected chi connectivity index (χ4v) is 1.63. The molecule has 1 aliphatic rings. The van der Waals surface area contributed by atoms with Crippen LogP contribution in [0.1, 0.15) is 26.0 Å². The zero-order valence-electron chi connectivity index (χ0n) is 8.01. The maximum Gasteiger partial charge on any atom is 0.351 e. The zero-order chi connectivity index (χ0) is 10.1. The maximum absolute atomic E-state index is 11.4. The summed E-state index contributed by atoms with van der Waals surface area (Å²) in [5.41, 5.74) is 5.04. The van der Waals surface area contributed by atoms with E-state index in [-0.39, 0.29) is 23.8 Å². The molecule has 0 unspecified atom stereocenters. The molecule has 2 rings (SSSR count). The Morgan fingerprint density at radius 2 is 2.43 bits per heavy atom. The monoisotopic (exact) mass is 195 g/mol. The molecule has 1 saturated heterocycles. The van der Waals surface area contributed by atoms with Crippen molar-refractivity contribution in [2.45, 2.75) is 32.1 Å². The van der Waals surface area contributed by atoms with Crippen LogP contribution in [0.3, 0.4) is 0 Å². The highest BCUT2D eigenvalue weighted by Crippen LogP contribution is 2.26. The third-order valence-corrected chi connectivity index (χ3v) is 2.37. The van der Waals surface area contributed by atoms with Crippen LogP contribution < -0.4 is 11.4 Å². The summed E-state index contributed by atoms with van der Waals surface area (Å²) in [6, 6.07) is 1.60. The number of ether oxygens (including phenoxy) is 1. The molecule has 14 heavy (non-hydrogen) atoms. The smallest absolute Gasteiger partial charge is 0.351 e. The van der Waals surface area contributed by atoms with Gasteiger partial charge in [-0.2, -0.15) is 4.98 Å². The van der Waals surface area contributed by atoms with Crippen molar-refractivity contribution in [3.05, 3.63) is 22.7 Å². The minimum absolute atomic E-state index is 0.175. The molecular weight excluding hydrogens is 182 g/mol. The van der Waals surface area contributed by atoms with Crippen molar-refractivity contribution in [3.63, 3.8) is 0 Å². The molecule has 5 nitrogen and oxygen atoms in total. The second-order valence-corrected chi connectivity index (χ2v) is 3.52. The van der Waals surface area contributed by atoms with E-state index < -0.39 is 0 Å². The summed E-state index contributed by atoms with van der Waals surface area (Å²) in [6.45, 7) is 2.00. The van der Waals surface area contributed by atoms with Crippen molar-refractivity contribution in [1.82, 2.24) is 9.55 Å². The first-order chi connectivity index (χ1) is 6.66. The predicted octanol–water partition coefficient (Wildman–Crippen LogP) is 0.523. The quantitative estimate of drug-likeness (QED) is 0.709. The largest absolute Gasteiger partial charge is 0.383 e. The molecule has 0 radical (unpaired) electrons. The van der Waals surface area contributed by atoms with E-state index in [1.54, 1.807) is 12.3 Å². The van der Waals surface area contributed by atoms with E-state index in [2.05, 4.69) is 4.98 Å². The number of aromatic nitrogens is 2. The van der Waals surface area contributed by atoms with Gasteiger partial charge in [0, 0.05) is 6.20 Å². The topological polar surface area (TPSA) is 70.1 Å². The van der Waals surface area contributed by atoms with Crippen LogP contribution >= 0.6 is 0 Å². The van der Waals surface area contributed by atoms with Gasteiger partial charge >= 0.3 is 5.69 Å². The summed E-state index contributed by atoms with van der Waals surface area (Å²) in [4.78, 5) is 15.1. The molecule has 0 aromatic carbocycles. The molecule has 0 aliphatic carbocycles. The van der Waals surface area contributed by atoms with Crippen molar-refractivity contribution in [3.8, 4) is 0 Å². The summed E-state index contributed by atoms with van der Waals surface area (Å²) in [7, 11) is 0. The van der Waals surface area contributed by atoms with Gasteiger partial charge in [0.2, 0.25) is 0 Å². The second-order valence-electron chi connectivity index (χ2n) is 3.52. The molecule has 1 fully saturated rings. The van der Waals surface area contributed by atoms with Crippen molar-refractivity contribution in [2.24, 2.45) is 0 Å². The minimum Gasteiger partial charge on any atom is -0.383 e. The molecule has 1 aliphatic heterocycles. The lowest BCUT2D eigenvalue weighted by atomic mass is 10.2. The standard InChI is InChI=1S/C9H13N3O2/c1-6-2-3-8(14-6)12-5-4-7(10)11-9(12)13/h4-6,8H,2-3H2,1H3,(H2,10,11,13)/t6-,8-/m0/s1. The van der Waals surface area contributed by atoms with Gasteiger partial charge in [-0.15, -0.1) is 0 Å². The van der Waals surface area contributed by atoms with Crippen molar-refractivity contribution in [1.29, 1.82) is 0 Å². The lowest BCUT2D eigenvalue weighted by Gasteiger charge is -2.13. The van der Waals surface area contributed by atoms with Gasteiger partial charge in [-0.05, 0) is 25.8 Å². The normalized spacial score (nSPS) is 26.6. The van der Waals surface area contributed by atoms with E-state index >= 15 is 0 Å². The summed E-state index contributed by atoms with van der Waals surface area (Å²) >= 11 is 0. The van der Waals surface area contributed by atoms with Gasteiger partial charge in [-0.3, -0.25) is 4.57 Å². The third kappa shape index (κ3) is 1.63. The Morgan fingerprint density at radius 3 is 3.00 bits per heavy atom. The number of hydrogen-bond donors (Lipinski definition) is 1. The molecule has 0 amide bonds. The summed E-state index contributed by atoms with van der Waals surface area (Å²) in [5, 5.41) is 0. The average molecular weight is 195 g/mol. The van der Waals surface area contributed by atoms with E-state index in [9.17, 15) is 4.79 Å². The first-order valence-corrected chi connectivity index (χ1v) is 4.67. The maximum atomic E-state index is 11.4. The van der Waals surface area contributed by atoms with Crippen molar-refractivity contribution < 1.29 is 4.74 Å². The Balaban J connectivity index is 2.29. The molecule has 5 heteroatoms. The number of anilines is 1. The van der Waals surface area contributed by atoms with Gasteiger partial charge in [0.25, 0.3) is 0 Å². The SMILES string of the molecule is C[C@H]1CC[C@@H](n2ccc(N)nc2=O)O1. The Bertz CT molecular complexity index is 388. The van der Waals surface area contributed by atoms with Crippen LogP contribution in [0, 0.1) is 0 Å². The van der Waals surface area contributed by atoms with Crippen LogP contribution in [-0.4, -0.2) is 15.7 Å². The van der Waals surface area contributed by atoms with E-state index in [1.165, 1.54) is 4.57 Å². The van der Waals surface area contributed by atoms with Crippen LogP contribution in [0.4, 0.5) is 5.82 Å². The van der Waals surface area contributed by atoms with Crippen LogP contribution in [-0.2, 0) is 4.74 Å². The fraction of sp³-hybridized carbons (Fsp3) is 0.556. The highest BCUT2D eigenvalue weighted by molar-refractivity contribution is 5.23. The lowest BCUT2D eigenvalue weighted by molar-refractivity contribution is 0.00806. The van der Waals surface area contributed by atoms with Crippen LogP contribution in [0.25, 0.3) is 0 Å². The van der Waals surface area contributed by atoms with Gasteiger partial charge in [0.15, 0.2) is 0 Å².